The largest absolute Gasteiger partial charge is 0.508 e. The standard InChI is InChI=1S/C29H35N5O3S.2C2H6/c1-19-6-9-22(15-20(19)2)27(36)32-14-12-25-26(18-32)31-29(30-16-21-7-10-24(35)11-8-21)34(28(25)37)23-5-4-13-33(17-23)38-3;2*1-2/h6-11,15,23,35H,4-5,12-14,16-18H2,1-3H3,(H,30,31);2*1-2H3. The molecule has 1 fully saturated rings. The van der Waals surface area contributed by atoms with Gasteiger partial charge in [-0.3, -0.25) is 14.2 Å². The van der Waals surface area contributed by atoms with E-state index in [2.05, 4.69) is 15.9 Å². The second-order valence-corrected chi connectivity index (χ2v) is 11.1. The fourth-order valence-corrected chi connectivity index (χ4v) is 5.92. The normalized spacial score (nSPS) is 16.4. The van der Waals surface area contributed by atoms with Crippen molar-refractivity contribution in [2.45, 2.75) is 79.9 Å². The summed E-state index contributed by atoms with van der Waals surface area (Å²) in [6.07, 6.45) is 4.50. The molecule has 2 N–H and O–H groups in total. The van der Waals surface area contributed by atoms with Crippen molar-refractivity contribution in [1.82, 2.24) is 18.8 Å². The Morgan fingerprint density at radius 1 is 1.05 bits per heavy atom. The van der Waals surface area contributed by atoms with E-state index in [1.165, 1.54) is 0 Å². The maximum atomic E-state index is 13.9. The predicted molar refractivity (Wildman–Crippen MR) is 174 cm³/mol. The molecule has 1 unspecified atom stereocenters. The Bertz CT molecular complexity index is 1390. The van der Waals surface area contributed by atoms with Crippen molar-refractivity contribution in [2.24, 2.45) is 0 Å². The van der Waals surface area contributed by atoms with Crippen molar-refractivity contribution < 1.29 is 9.90 Å². The first-order chi connectivity index (χ1) is 20.3. The van der Waals surface area contributed by atoms with Crippen LogP contribution in [0.1, 0.15) is 84.9 Å². The van der Waals surface area contributed by atoms with E-state index in [0.29, 0.717) is 48.8 Å². The van der Waals surface area contributed by atoms with Gasteiger partial charge in [0.2, 0.25) is 5.95 Å². The van der Waals surface area contributed by atoms with Crippen molar-refractivity contribution in [2.75, 3.05) is 31.2 Å². The van der Waals surface area contributed by atoms with Crippen molar-refractivity contribution in [3.8, 4) is 5.75 Å². The Kier molecular flexibility index (Phi) is 12.5. The Morgan fingerprint density at radius 3 is 2.43 bits per heavy atom. The molecule has 2 aromatic carbocycles. The highest BCUT2D eigenvalue weighted by Gasteiger charge is 2.30. The van der Waals surface area contributed by atoms with Gasteiger partial charge in [0.25, 0.3) is 11.5 Å². The van der Waals surface area contributed by atoms with Crippen LogP contribution in [0.3, 0.4) is 0 Å². The number of hydrogen-bond acceptors (Lipinski definition) is 7. The van der Waals surface area contributed by atoms with Crippen LogP contribution in [-0.2, 0) is 19.5 Å². The van der Waals surface area contributed by atoms with E-state index in [1.807, 2.05) is 76.4 Å². The van der Waals surface area contributed by atoms with Crippen LogP contribution in [0.5, 0.6) is 5.75 Å². The number of phenols is 1. The van der Waals surface area contributed by atoms with Gasteiger partial charge in [-0.2, -0.15) is 0 Å². The van der Waals surface area contributed by atoms with E-state index in [-0.39, 0.29) is 23.3 Å². The molecule has 1 saturated heterocycles. The number of fused-ring (bicyclic) bond motifs is 1. The number of carbonyl (C=O) groups is 1. The van der Waals surface area contributed by atoms with E-state index >= 15 is 0 Å². The number of nitrogens with one attached hydrogen (secondary N) is 1. The smallest absolute Gasteiger partial charge is 0.258 e. The molecular weight excluding hydrogens is 546 g/mol. The number of nitrogens with zero attached hydrogens (tertiary/aromatic N) is 4. The van der Waals surface area contributed by atoms with Crippen LogP contribution in [-0.4, -0.2) is 55.7 Å². The fraction of sp³-hybridized carbons (Fsp3) is 0.485. The zero-order valence-corrected chi connectivity index (χ0v) is 27.1. The third-order valence-corrected chi connectivity index (χ3v) is 8.53. The average molecular weight is 594 g/mol. The van der Waals surface area contributed by atoms with Crippen molar-refractivity contribution in [3.05, 3.63) is 86.3 Å². The highest BCUT2D eigenvalue weighted by Crippen LogP contribution is 2.28. The van der Waals surface area contributed by atoms with Gasteiger partial charge in [-0.15, -0.1) is 0 Å². The number of aromatic hydroxyl groups is 1. The lowest BCUT2D eigenvalue weighted by molar-refractivity contribution is 0.0730. The molecular formula is C33H47N5O3S. The average Bonchev–Trinajstić information content (AvgIpc) is 3.03. The highest BCUT2D eigenvalue weighted by molar-refractivity contribution is 7.96. The summed E-state index contributed by atoms with van der Waals surface area (Å²) in [5, 5.41) is 13.0. The zero-order chi connectivity index (χ0) is 30.8. The monoisotopic (exact) mass is 593 g/mol. The topological polar surface area (TPSA) is 90.7 Å². The summed E-state index contributed by atoms with van der Waals surface area (Å²) in [5.41, 5.74) is 5.25. The number of rotatable bonds is 6. The summed E-state index contributed by atoms with van der Waals surface area (Å²) < 4.78 is 4.15. The van der Waals surface area contributed by atoms with Crippen LogP contribution < -0.4 is 10.9 Å². The number of carbonyl (C=O) groups excluding carboxylic acids is 1. The van der Waals surface area contributed by atoms with Crippen LogP contribution in [0.25, 0.3) is 0 Å². The SMILES string of the molecule is CC.CC.CSN1CCCC(n2c(NCc3ccc(O)cc3)nc3c(c2=O)CCN(C(=O)c2ccc(C)c(C)c2)C3)C1. The van der Waals surface area contributed by atoms with Crippen LogP contribution in [0.4, 0.5) is 5.95 Å². The lowest BCUT2D eigenvalue weighted by atomic mass is 10.0. The Hall–Kier alpha value is -3.30. The third-order valence-electron chi connectivity index (χ3n) is 7.68. The number of hydrogen-bond donors (Lipinski definition) is 2. The van der Waals surface area contributed by atoms with Crippen molar-refractivity contribution in [1.29, 1.82) is 0 Å². The number of phenolic OH excluding ortho intramolecular Hbond substituents is 1. The van der Waals surface area contributed by atoms with Gasteiger partial charge in [0.1, 0.15) is 5.75 Å². The number of anilines is 1. The lowest BCUT2D eigenvalue weighted by Gasteiger charge is -2.34. The number of piperidine rings is 1. The van der Waals surface area contributed by atoms with Crippen molar-refractivity contribution >= 4 is 23.8 Å². The van der Waals surface area contributed by atoms with Crippen molar-refractivity contribution in [3.63, 3.8) is 0 Å². The van der Waals surface area contributed by atoms with E-state index in [4.69, 9.17) is 4.98 Å². The number of aromatic nitrogens is 2. The molecule has 1 aromatic heterocycles. The molecule has 0 radical (unpaired) electrons. The molecule has 3 aromatic rings. The van der Waals surface area contributed by atoms with Crippen LogP contribution in [0, 0.1) is 13.8 Å². The lowest BCUT2D eigenvalue weighted by Crippen LogP contribution is -2.43. The molecule has 0 bridgehead atoms. The zero-order valence-electron chi connectivity index (χ0n) is 26.2. The first-order valence-electron chi connectivity index (χ1n) is 15.2. The second-order valence-electron chi connectivity index (χ2n) is 10.2. The van der Waals surface area contributed by atoms with Gasteiger partial charge in [0.15, 0.2) is 0 Å². The quantitative estimate of drug-likeness (QED) is 0.322. The van der Waals surface area contributed by atoms with Crippen LogP contribution >= 0.6 is 11.9 Å². The molecule has 2 aliphatic rings. The molecule has 2 aliphatic heterocycles. The molecule has 228 valence electrons. The summed E-state index contributed by atoms with van der Waals surface area (Å²) in [7, 11) is 0. The van der Waals surface area contributed by atoms with Gasteiger partial charge in [-0.25, -0.2) is 9.29 Å². The molecule has 0 spiro atoms. The van der Waals surface area contributed by atoms with E-state index in [9.17, 15) is 14.7 Å². The molecule has 1 amide bonds. The Balaban J connectivity index is 0.00000116. The van der Waals surface area contributed by atoms with Gasteiger partial charge in [-0.05, 0) is 80.3 Å². The summed E-state index contributed by atoms with van der Waals surface area (Å²) >= 11 is 1.71. The maximum absolute atomic E-state index is 13.9. The van der Waals surface area contributed by atoms with Gasteiger partial charge in [0, 0.05) is 37.3 Å². The molecule has 0 saturated carbocycles. The molecule has 1 atom stereocenters. The Labute approximate surface area is 255 Å². The summed E-state index contributed by atoms with van der Waals surface area (Å²) in [5.74, 6) is 0.715. The molecule has 42 heavy (non-hydrogen) atoms. The van der Waals surface area contributed by atoms with E-state index in [1.54, 1.807) is 29.0 Å². The molecule has 0 aliphatic carbocycles. The van der Waals surface area contributed by atoms with Crippen LogP contribution in [0.15, 0.2) is 47.3 Å². The summed E-state index contributed by atoms with van der Waals surface area (Å²) in [6.45, 7) is 15.1. The highest BCUT2D eigenvalue weighted by atomic mass is 32.2. The van der Waals surface area contributed by atoms with Crippen LogP contribution in [0.2, 0.25) is 0 Å². The maximum Gasteiger partial charge on any atom is 0.258 e. The number of benzene rings is 2. The van der Waals surface area contributed by atoms with Gasteiger partial charge in [-0.1, -0.05) is 57.8 Å². The number of amides is 1. The van der Waals surface area contributed by atoms with E-state index < -0.39 is 0 Å². The minimum absolute atomic E-state index is 0.00515. The first-order valence-corrected chi connectivity index (χ1v) is 16.3. The van der Waals surface area contributed by atoms with E-state index in [0.717, 1.165) is 42.6 Å². The third kappa shape index (κ3) is 7.75. The molecule has 9 heteroatoms. The summed E-state index contributed by atoms with van der Waals surface area (Å²) in [4.78, 5) is 34.0. The summed E-state index contributed by atoms with van der Waals surface area (Å²) in [6, 6.07) is 12.8. The van der Waals surface area contributed by atoms with Gasteiger partial charge in [0.05, 0.1) is 18.3 Å². The Morgan fingerprint density at radius 2 is 1.76 bits per heavy atom. The molecule has 3 heterocycles. The fourth-order valence-electron chi connectivity index (χ4n) is 5.29. The second kappa shape index (κ2) is 15.8. The first kappa shape index (κ1) is 33.2. The molecule has 8 nitrogen and oxygen atoms in total. The van der Waals surface area contributed by atoms with Gasteiger partial charge < -0.3 is 15.3 Å². The minimum Gasteiger partial charge on any atom is -0.508 e. The number of aryl methyl sites for hydroxylation is 2. The minimum atomic E-state index is -0.0359. The van der Waals surface area contributed by atoms with Gasteiger partial charge >= 0.3 is 0 Å². The predicted octanol–water partition coefficient (Wildman–Crippen LogP) is 6.34. The molecule has 5 rings (SSSR count).